The Bertz CT molecular complexity index is 857. The third kappa shape index (κ3) is 9.54. The molecule has 34 heavy (non-hydrogen) atoms. The highest BCUT2D eigenvalue weighted by atomic mass is 16.4. The summed E-state index contributed by atoms with van der Waals surface area (Å²) in [5.74, 6) is -4.71. The molecule has 5 atom stereocenters. The first-order valence-electron chi connectivity index (χ1n) is 10.6. The number of aliphatic hydroxyl groups is 1. The van der Waals surface area contributed by atoms with Crippen molar-refractivity contribution in [2.45, 2.75) is 70.3 Å². The number of primary amides is 1. The van der Waals surface area contributed by atoms with Gasteiger partial charge in [-0.25, -0.2) is 9.78 Å². The van der Waals surface area contributed by atoms with Crippen LogP contribution in [-0.4, -0.2) is 80.1 Å². The molecule has 0 aliphatic rings. The maximum atomic E-state index is 13.0. The number of carboxylic acid groups (broad SMARTS) is 1. The van der Waals surface area contributed by atoms with Gasteiger partial charge in [0.2, 0.25) is 23.6 Å². The van der Waals surface area contributed by atoms with Crippen molar-refractivity contribution in [2.75, 3.05) is 0 Å². The number of imidazole rings is 1. The molecule has 1 heterocycles. The standard InChI is InChI=1S/C20H33N7O7/c1-9(2)4-14(20(33)34)26-19(32)16(10(3)28)27-18(31)13(5-11-7-23-8-24-11)25-17(30)12(21)6-15(22)29/h7-10,12-14,16,28H,4-6,21H2,1-3H3,(H2,22,29)(H,23,24)(H,25,30)(H,26,32)(H,27,31)(H,33,34). The topological polar surface area (TPSA) is 243 Å². The van der Waals surface area contributed by atoms with Crippen molar-refractivity contribution in [3.63, 3.8) is 0 Å². The van der Waals surface area contributed by atoms with E-state index in [0.717, 1.165) is 0 Å². The number of rotatable bonds is 14. The van der Waals surface area contributed by atoms with Gasteiger partial charge in [-0.2, -0.15) is 0 Å². The van der Waals surface area contributed by atoms with Crippen LogP contribution in [0.25, 0.3) is 0 Å². The molecule has 14 nitrogen and oxygen atoms in total. The minimum Gasteiger partial charge on any atom is -0.480 e. The average molecular weight is 484 g/mol. The first-order valence-corrected chi connectivity index (χ1v) is 10.6. The van der Waals surface area contributed by atoms with Crippen molar-refractivity contribution in [1.82, 2.24) is 25.9 Å². The maximum absolute atomic E-state index is 13.0. The Labute approximate surface area is 196 Å². The van der Waals surface area contributed by atoms with Gasteiger partial charge in [0.25, 0.3) is 0 Å². The van der Waals surface area contributed by atoms with Gasteiger partial charge in [0.15, 0.2) is 0 Å². The summed E-state index contributed by atoms with van der Waals surface area (Å²) < 4.78 is 0. The lowest BCUT2D eigenvalue weighted by Gasteiger charge is -2.26. The summed E-state index contributed by atoms with van der Waals surface area (Å²) in [7, 11) is 0. The van der Waals surface area contributed by atoms with E-state index in [1.165, 1.54) is 19.4 Å². The van der Waals surface area contributed by atoms with Gasteiger partial charge in [0, 0.05) is 18.3 Å². The fourth-order valence-corrected chi connectivity index (χ4v) is 3.03. The van der Waals surface area contributed by atoms with Crippen LogP contribution in [-0.2, 0) is 30.4 Å². The van der Waals surface area contributed by atoms with E-state index in [-0.39, 0.29) is 18.8 Å². The first-order chi connectivity index (χ1) is 15.8. The fraction of sp³-hybridized carbons (Fsp3) is 0.600. The minimum absolute atomic E-state index is 0.0420. The number of nitrogens with zero attached hydrogens (tertiary/aromatic N) is 1. The lowest BCUT2D eigenvalue weighted by Crippen LogP contribution is -2.60. The highest BCUT2D eigenvalue weighted by molar-refractivity contribution is 5.95. The predicted octanol–water partition coefficient (Wildman–Crippen LogP) is -2.88. The highest BCUT2D eigenvalue weighted by Gasteiger charge is 2.33. The van der Waals surface area contributed by atoms with Gasteiger partial charge in [0.05, 0.1) is 24.9 Å². The van der Waals surface area contributed by atoms with Gasteiger partial charge in [0.1, 0.15) is 18.1 Å². The second-order valence-electron chi connectivity index (χ2n) is 8.37. The molecule has 0 radical (unpaired) electrons. The molecule has 1 aromatic heterocycles. The lowest BCUT2D eigenvalue weighted by molar-refractivity contribution is -0.143. The summed E-state index contributed by atoms with van der Waals surface area (Å²) in [5.41, 5.74) is 11.1. The van der Waals surface area contributed by atoms with E-state index >= 15 is 0 Å². The van der Waals surface area contributed by atoms with Gasteiger partial charge >= 0.3 is 5.97 Å². The number of aliphatic carboxylic acids is 1. The molecule has 0 bridgehead atoms. The molecule has 1 rings (SSSR count). The molecule has 0 aliphatic heterocycles. The van der Waals surface area contributed by atoms with Crippen molar-refractivity contribution >= 4 is 29.6 Å². The third-order valence-corrected chi connectivity index (χ3v) is 4.75. The number of amides is 4. The smallest absolute Gasteiger partial charge is 0.326 e. The number of aromatic amines is 1. The van der Waals surface area contributed by atoms with E-state index in [9.17, 15) is 34.2 Å². The SMILES string of the molecule is CC(C)CC(NC(=O)C(NC(=O)C(Cc1cnc[nH]1)NC(=O)C(N)CC(N)=O)C(C)O)C(=O)O. The summed E-state index contributed by atoms with van der Waals surface area (Å²) in [4.78, 5) is 67.1. The van der Waals surface area contributed by atoms with Crippen LogP contribution in [0.15, 0.2) is 12.5 Å². The molecule has 5 unspecified atom stereocenters. The zero-order valence-corrected chi connectivity index (χ0v) is 19.3. The van der Waals surface area contributed by atoms with Crippen LogP contribution < -0.4 is 27.4 Å². The average Bonchev–Trinajstić information content (AvgIpc) is 3.22. The summed E-state index contributed by atoms with van der Waals surface area (Å²) in [6.45, 7) is 4.80. The van der Waals surface area contributed by atoms with Crippen LogP contribution in [0.3, 0.4) is 0 Å². The summed E-state index contributed by atoms with van der Waals surface area (Å²) in [5, 5.41) is 26.5. The zero-order valence-electron chi connectivity index (χ0n) is 19.3. The number of nitrogens with one attached hydrogen (secondary N) is 4. The molecule has 0 spiro atoms. The second kappa shape index (κ2) is 13.3. The molecule has 10 N–H and O–H groups in total. The Morgan fingerprint density at radius 3 is 2.12 bits per heavy atom. The summed E-state index contributed by atoms with van der Waals surface area (Å²) in [6, 6.07) is -5.32. The molecule has 1 aromatic rings. The quantitative estimate of drug-likeness (QED) is 0.135. The number of hydrogen-bond donors (Lipinski definition) is 8. The van der Waals surface area contributed by atoms with Crippen molar-refractivity contribution < 1.29 is 34.2 Å². The van der Waals surface area contributed by atoms with Crippen LogP contribution in [0, 0.1) is 5.92 Å². The molecule has 0 saturated carbocycles. The van der Waals surface area contributed by atoms with E-state index in [2.05, 4.69) is 25.9 Å². The van der Waals surface area contributed by atoms with Gasteiger partial charge < -0.3 is 42.6 Å². The molecule has 0 aliphatic carbocycles. The van der Waals surface area contributed by atoms with Crippen LogP contribution >= 0.6 is 0 Å². The lowest BCUT2D eigenvalue weighted by atomic mass is 10.0. The second-order valence-corrected chi connectivity index (χ2v) is 8.37. The molecule has 0 aromatic carbocycles. The van der Waals surface area contributed by atoms with E-state index in [0.29, 0.717) is 5.69 Å². The van der Waals surface area contributed by atoms with E-state index < -0.39 is 66.3 Å². The van der Waals surface area contributed by atoms with Crippen molar-refractivity contribution in [2.24, 2.45) is 17.4 Å². The maximum Gasteiger partial charge on any atom is 0.326 e. The monoisotopic (exact) mass is 483 g/mol. The van der Waals surface area contributed by atoms with E-state index in [1.54, 1.807) is 13.8 Å². The van der Waals surface area contributed by atoms with Crippen LogP contribution in [0.1, 0.15) is 39.3 Å². The number of carbonyl (C=O) groups is 5. The Morgan fingerprint density at radius 1 is 1.03 bits per heavy atom. The van der Waals surface area contributed by atoms with Gasteiger partial charge in [-0.1, -0.05) is 13.8 Å². The summed E-state index contributed by atoms with van der Waals surface area (Å²) >= 11 is 0. The van der Waals surface area contributed by atoms with Gasteiger partial charge in [-0.3, -0.25) is 19.2 Å². The van der Waals surface area contributed by atoms with Crippen molar-refractivity contribution in [1.29, 1.82) is 0 Å². The largest absolute Gasteiger partial charge is 0.480 e. The molecule has 0 fully saturated rings. The molecular weight excluding hydrogens is 450 g/mol. The number of carboxylic acids is 1. The Kier molecular flexibility index (Phi) is 11.1. The molecule has 0 saturated heterocycles. The number of aromatic nitrogens is 2. The van der Waals surface area contributed by atoms with E-state index in [4.69, 9.17) is 11.5 Å². The van der Waals surface area contributed by atoms with Crippen molar-refractivity contribution in [3.05, 3.63) is 18.2 Å². The predicted molar refractivity (Wildman–Crippen MR) is 119 cm³/mol. The molecule has 4 amide bonds. The van der Waals surface area contributed by atoms with Crippen LogP contribution in [0.2, 0.25) is 0 Å². The molecule has 14 heteroatoms. The number of aliphatic hydroxyl groups excluding tert-OH is 1. The van der Waals surface area contributed by atoms with Gasteiger partial charge in [-0.05, 0) is 19.3 Å². The fourth-order valence-electron chi connectivity index (χ4n) is 3.03. The summed E-state index contributed by atoms with van der Waals surface area (Å²) in [6.07, 6.45) is 0.987. The minimum atomic E-state index is -1.51. The third-order valence-electron chi connectivity index (χ3n) is 4.75. The van der Waals surface area contributed by atoms with E-state index in [1.807, 2.05) is 0 Å². The Balaban J connectivity index is 3.02. The zero-order chi connectivity index (χ0) is 26.0. The Morgan fingerprint density at radius 2 is 1.65 bits per heavy atom. The number of H-pyrrole nitrogens is 1. The first kappa shape index (κ1) is 28.5. The number of nitrogens with two attached hydrogens (primary N) is 2. The van der Waals surface area contributed by atoms with Crippen LogP contribution in [0.4, 0.5) is 0 Å². The van der Waals surface area contributed by atoms with Crippen molar-refractivity contribution in [3.8, 4) is 0 Å². The molecular formula is C20H33N7O7. The number of hydrogen-bond acceptors (Lipinski definition) is 8. The van der Waals surface area contributed by atoms with Gasteiger partial charge in [-0.15, -0.1) is 0 Å². The Hall–Kier alpha value is -3.52. The molecule has 190 valence electrons. The normalized spacial score (nSPS) is 15.5. The highest BCUT2D eigenvalue weighted by Crippen LogP contribution is 2.07. The number of carbonyl (C=O) groups excluding carboxylic acids is 4. The van der Waals surface area contributed by atoms with Crippen LogP contribution in [0.5, 0.6) is 0 Å².